The van der Waals surface area contributed by atoms with Crippen LogP contribution in [0.3, 0.4) is 0 Å². The molecule has 0 aromatic heterocycles. The second-order valence-corrected chi connectivity index (χ2v) is 12.9. The van der Waals surface area contributed by atoms with Crippen LogP contribution in [-0.2, 0) is 25.7 Å². The third-order valence-electron chi connectivity index (χ3n) is 9.16. The fraction of sp³-hybridized carbons (Fsp3) is 0.415. The maximum absolute atomic E-state index is 5.85. The molecule has 4 aromatic rings. The Morgan fingerprint density at radius 1 is 0.372 bits per heavy atom. The molecule has 4 aromatic carbocycles. The van der Waals surface area contributed by atoms with E-state index in [9.17, 15) is 0 Å². The zero-order valence-electron chi connectivity index (χ0n) is 27.3. The van der Waals surface area contributed by atoms with Crippen LogP contribution in [-0.4, -0.2) is 0 Å². The van der Waals surface area contributed by atoms with Crippen molar-refractivity contribution >= 4 is 11.4 Å². The van der Waals surface area contributed by atoms with E-state index < -0.39 is 0 Å². The van der Waals surface area contributed by atoms with Gasteiger partial charge in [0.2, 0.25) is 0 Å². The number of hydrogen-bond donors (Lipinski definition) is 2. The van der Waals surface area contributed by atoms with E-state index in [0.29, 0.717) is 0 Å². The van der Waals surface area contributed by atoms with Crippen LogP contribution >= 0.6 is 0 Å². The molecule has 43 heavy (non-hydrogen) atoms. The van der Waals surface area contributed by atoms with Gasteiger partial charge in [0, 0.05) is 11.4 Å². The zero-order valence-corrected chi connectivity index (χ0v) is 27.3. The second kappa shape index (κ2) is 16.4. The normalized spacial score (nSPS) is 11.3. The van der Waals surface area contributed by atoms with Gasteiger partial charge in [-0.2, -0.15) is 0 Å². The first-order chi connectivity index (χ1) is 20.8. The summed E-state index contributed by atoms with van der Waals surface area (Å²) in [4.78, 5) is 0. The van der Waals surface area contributed by atoms with Crippen molar-refractivity contribution in [3.8, 4) is 0 Å². The Hall–Kier alpha value is -3.52. The molecule has 0 spiro atoms. The van der Waals surface area contributed by atoms with E-state index in [0.717, 1.165) is 24.2 Å². The van der Waals surface area contributed by atoms with Gasteiger partial charge < -0.3 is 11.5 Å². The van der Waals surface area contributed by atoms with Crippen molar-refractivity contribution in [2.24, 2.45) is 0 Å². The SMILES string of the molecule is Cc1cc(CCCCCCCCCCCc2cc(C)c(Cc3ccc(N)cc3)c(C)c2)cc(C)c1Cc1ccc(N)cc1. The number of nitrogens with two attached hydrogens (primary N) is 2. The summed E-state index contributed by atoms with van der Waals surface area (Å²) >= 11 is 0. The fourth-order valence-electron chi connectivity index (χ4n) is 6.59. The van der Waals surface area contributed by atoms with Crippen molar-refractivity contribution in [2.75, 3.05) is 11.5 Å². The van der Waals surface area contributed by atoms with Crippen LogP contribution in [0.4, 0.5) is 11.4 Å². The summed E-state index contributed by atoms with van der Waals surface area (Å²) in [5.74, 6) is 0. The molecular formula is C41H54N2. The third kappa shape index (κ3) is 10.3. The number of unbranched alkanes of at least 4 members (excludes halogenated alkanes) is 8. The summed E-state index contributed by atoms with van der Waals surface area (Å²) in [5, 5.41) is 0. The van der Waals surface area contributed by atoms with Crippen molar-refractivity contribution in [3.63, 3.8) is 0 Å². The fourth-order valence-corrected chi connectivity index (χ4v) is 6.59. The van der Waals surface area contributed by atoms with E-state index in [4.69, 9.17) is 11.5 Å². The lowest BCUT2D eigenvalue weighted by molar-refractivity contribution is 0.558. The van der Waals surface area contributed by atoms with Crippen molar-refractivity contribution in [1.29, 1.82) is 0 Å². The largest absolute Gasteiger partial charge is 0.399 e. The molecular weight excluding hydrogens is 520 g/mol. The number of benzene rings is 4. The molecule has 0 saturated heterocycles. The third-order valence-corrected chi connectivity index (χ3v) is 9.16. The van der Waals surface area contributed by atoms with E-state index in [1.807, 2.05) is 24.3 Å². The Morgan fingerprint density at radius 3 is 0.953 bits per heavy atom. The van der Waals surface area contributed by atoms with Gasteiger partial charge in [0.15, 0.2) is 0 Å². The molecule has 0 unspecified atom stereocenters. The Balaban J connectivity index is 1.06. The molecule has 0 aliphatic carbocycles. The standard InChI is InChI=1S/C41H54N2/c1-30-24-36(25-31(2)40(30)28-34-16-20-38(42)21-17-34)14-12-10-8-6-5-7-9-11-13-15-37-26-32(3)41(33(4)27-37)29-35-18-22-39(43)23-19-35/h16-27H,5-15,28-29,42-43H2,1-4H3. The van der Waals surface area contributed by atoms with E-state index in [1.165, 1.54) is 126 Å². The van der Waals surface area contributed by atoms with Crippen LogP contribution < -0.4 is 11.5 Å². The predicted octanol–water partition coefficient (Wildman–Crippen LogP) is 10.6. The van der Waals surface area contributed by atoms with Gasteiger partial charge in [-0.25, -0.2) is 0 Å². The van der Waals surface area contributed by atoms with E-state index >= 15 is 0 Å². The van der Waals surface area contributed by atoms with E-state index in [1.54, 1.807) is 0 Å². The molecule has 228 valence electrons. The zero-order chi connectivity index (χ0) is 30.6. The minimum Gasteiger partial charge on any atom is -0.399 e. The quantitative estimate of drug-likeness (QED) is 0.103. The molecule has 4 N–H and O–H groups in total. The molecule has 0 saturated carbocycles. The van der Waals surface area contributed by atoms with Gasteiger partial charge in [-0.05, 0) is 146 Å². The van der Waals surface area contributed by atoms with Crippen LogP contribution in [0.25, 0.3) is 0 Å². The molecule has 0 amide bonds. The van der Waals surface area contributed by atoms with Crippen molar-refractivity contribution in [2.45, 2.75) is 111 Å². The highest BCUT2D eigenvalue weighted by molar-refractivity contribution is 5.46. The van der Waals surface area contributed by atoms with Crippen LogP contribution in [0.15, 0.2) is 72.8 Å². The highest BCUT2D eigenvalue weighted by Gasteiger charge is 2.08. The number of nitrogen functional groups attached to an aromatic ring is 2. The molecule has 4 rings (SSSR count). The lowest BCUT2D eigenvalue weighted by atomic mass is 9.92. The average Bonchev–Trinajstić information content (AvgIpc) is 2.97. The van der Waals surface area contributed by atoms with Crippen LogP contribution in [0.2, 0.25) is 0 Å². The Bertz CT molecular complexity index is 1270. The highest BCUT2D eigenvalue weighted by Crippen LogP contribution is 2.24. The summed E-state index contributed by atoms with van der Waals surface area (Å²) in [6.45, 7) is 9.08. The summed E-state index contributed by atoms with van der Waals surface area (Å²) in [6.07, 6.45) is 16.5. The number of rotatable bonds is 16. The number of anilines is 2. The molecule has 0 atom stereocenters. The van der Waals surface area contributed by atoms with Gasteiger partial charge in [-0.3, -0.25) is 0 Å². The molecule has 0 heterocycles. The topological polar surface area (TPSA) is 52.0 Å². The van der Waals surface area contributed by atoms with Crippen LogP contribution in [0.5, 0.6) is 0 Å². The maximum atomic E-state index is 5.85. The lowest BCUT2D eigenvalue weighted by Gasteiger charge is -2.13. The van der Waals surface area contributed by atoms with E-state index in [-0.39, 0.29) is 0 Å². The highest BCUT2D eigenvalue weighted by atomic mass is 14.5. The van der Waals surface area contributed by atoms with Gasteiger partial charge in [0.1, 0.15) is 0 Å². The smallest absolute Gasteiger partial charge is 0.0314 e. The molecule has 0 aliphatic heterocycles. The number of aryl methyl sites for hydroxylation is 6. The Kier molecular flexibility index (Phi) is 12.3. The maximum Gasteiger partial charge on any atom is 0.0314 e. The van der Waals surface area contributed by atoms with Crippen molar-refractivity contribution in [1.82, 2.24) is 0 Å². The predicted molar refractivity (Wildman–Crippen MR) is 188 cm³/mol. The molecule has 0 aliphatic rings. The molecule has 2 nitrogen and oxygen atoms in total. The first kappa shape index (κ1) is 32.4. The summed E-state index contributed by atoms with van der Waals surface area (Å²) in [6, 6.07) is 26.3. The minimum absolute atomic E-state index is 0.831. The van der Waals surface area contributed by atoms with Crippen LogP contribution in [0, 0.1) is 27.7 Å². The van der Waals surface area contributed by atoms with Gasteiger partial charge >= 0.3 is 0 Å². The summed E-state index contributed by atoms with van der Waals surface area (Å²) < 4.78 is 0. The van der Waals surface area contributed by atoms with Gasteiger partial charge in [-0.15, -0.1) is 0 Å². The molecule has 0 radical (unpaired) electrons. The van der Waals surface area contributed by atoms with E-state index in [2.05, 4.69) is 76.2 Å². The van der Waals surface area contributed by atoms with Gasteiger partial charge in [0.25, 0.3) is 0 Å². The second-order valence-electron chi connectivity index (χ2n) is 12.9. The molecule has 0 fully saturated rings. The van der Waals surface area contributed by atoms with Gasteiger partial charge in [-0.1, -0.05) is 93.5 Å². The average molecular weight is 575 g/mol. The number of hydrogen-bond acceptors (Lipinski definition) is 2. The molecule has 2 heteroatoms. The minimum atomic E-state index is 0.831. The lowest BCUT2D eigenvalue weighted by Crippen LogP contribution is -1.99. The Labute approximate surface area is 261 Å². The first-order valence-corrected chi connectivity index (χ1v) is 16.7. The Morgan fingerprint density at radius 2 is 0.651 bits per heavy atom. The monoisotopic (exact) mass is 574 g/mol. The molecule has 0 bridgehead atoms. The van der Waals surface area contributed by atoms with Gasteiger partial charge in [0.05, 0.1) is 0 Å². The van der Waals surface area contributed by atoms with Crippen LogP contribution in [0.1, 0.15) is 113 Å². The van der Waals surface area contributed by atoms with Crippen molar-refractivity contribution < 1.29 is 0 Å². The van der Waals surface area contributed by atoms with Crippen molar-refractivity contribution in [3.05, 3.63) is 128 Å². The summed E-state index contributed by atoms with van der Waals surface area (Å²) in [7, 11) is 0. The summed E-state index contributed by atoms with van der Waals surface area (Å²) in [5.41, 5.74) is 27.6. The first-order valence-electron chi connectivity index (χ1n) is 16.7.